The number of amides is 1. The lowest BCUT2D eigenvalue weighted by Crippen LogP contribution is -2.52. The van der Waals surface area contributed by atoms with Gasteiger partial charge in [0, 0.05) is 7.05 Å². The van der Waals surface area contributed by atoms with Crippen molar-refractivity contribution in [3.63, 3.8) is 0 Å². The number of likely N-dealkylation sites (N-methyl/N-ethyl adjacent to an activating group) is 1. The van der Waals surface area contributed by atoms with E-state index in [0.717, 1.165) is 25.7 Å². The van der Waals surface area contributed by atoms with Crippen LogP contribution < -0.4 is 9.47 Å². The molecule has 114 valence electrons. The van der Waals surface area contributed by atoms with E-state index < -0.39 is 12.2 Å². The first-order valence-corrected chi connectivity index (χ1v) is 7.50. The highest BCUT2D eigenvalue weighted by atomic mass is 16.6. The summed E-state index contributed by atoms with van der Waals surface area (Å²) in [4.78, 5) is 14.2. The van der Waals surface area contributed by atoms with E-state index in [4.69, 9.17) is 9.47 Å². The van der Waals surface area contributed by atoms with Crippen molar-refractivity contribution in [3.8, 4) is 11.5 Å². The van der Waals surface area contributed by atoms with E-state index in [-0.39, 0.29) is 18.6 Å². The number of ether oxygens (including phenoxy) is 2. The molecule has 5 nitrogen and oxygen atoms in total. The Bertz CT molecular complexity index is 519. The number of rotatable bonds is 2. The molecule has 1 aromatic rings. The van der Waals surface area contributed by atoms with Gasteiger partial charge in [0.25, 0.3) is 5.91 Å². The third-order valence-corrected chi connectivity index (χ3v) is 4.32. The largest absolute Gasteiger partial charge is 0.485 e. The summed E-state index contributed by atoms with van der Waals surface area (Å²) in [6, 6.07) is 7.22. The molecule has 1 saturated carbocycles. The van der Waals surface area contributed by atoms with E-state index in [1.165, 1.54) is 0 Å². The normalized spacial score (nSPS) is 28.0. The molecular formula is C16H21NO4. The number of carbonyl (C=O) groups excluding carboxylic acids is 1. The van der Waals surface area contributed by atoms with Crippen LogP contribution in [0.1, 0.15) is 25.7 Å². The second-order valence-corrected chi connectivity index (χ2v) is 5.73. The maximum absolute atomic E-state index is 12.6. The number of carbonyl (C=O) groups is 1. The molecule has 1 heterocycles. The Kier molecular flexibility index (Phi) is 4.01. The average molecular weight is 291 g/mol. The van der Waals surface area contributed by atoms with E-state index in [0.29, 0.717) is 11.5 Å². The number of nitrogens with zero attached hydrogens (tertiary/aromatic N) is 1. The highest BCUT2D eigenvalue weighted by molar-refractivity contribution is 5.82. The van der Waals surface area contributed by atoms with Gasteiger partial charge in [-0.3, -0.25) is 4.79 Å². The van der Waals surface area contributed by atoms with Gasteiger partial charge in [0.15, 0.2) is 11.5 Å². The first-order valence-electron chi connectivity index (χ1n) is 7.50. The van der Waals surface area contributed by atoms with Gasteiger partial charge in [0.05, 0.1) is 12.1 Å². The number of hydrogen-bond donors (Lipinski definition) is 1. The molecule has 2 aliphatic rings. The van der Waals surface area contributed by atoms with Gasteiger partial charge in [-0.1, -0.05) is 25.0 Å². The summed E-state index contributed by atoms with van der Waals surface area (Å²) < 4.78 is 11.3. The van der Waals surface area contributed by atoms with Gasteiger partial charge in [0.1, 0.15) is 6.61 Å². The van der Waals surface area contributed by atoms with E-state index in [9.17, 15) is 9.90 Å². The number of hydrogen-bond acceptors (Lipinski definition) is 4. The van der Waals surface area contributed by atoms with Crippen molar-refractivity contribution < 1.29 is 19.4 Å². The molecule has 5 heteroatoms. The molecule has 1 amide bonds. The number of aliphatic hydroxyl groups excluding tert-OH is 1. The minimum absolute atomic E-state index is 0.118. The molecule has 1 aliphatic heterocycles. The van der Waals surface area contributed by atoms with E-state index in [2.05, 4.69) is 0 Å². The summed E-state index contributed by atoms with van der Waals surface area (Å²) >= 11 is 0. The number of fused-ring (bicyclic) bond motifs is 1. The molecule has 1 aromatic carbocycles. The van der Waals surface area contributed by atoms with Crippen molar-refractivity contribution in [1.29, 1.82) is 0 Å². The first-order chi connectivity index (χ1) is 10.2. The molecule has 1 fully saturated rings. The summed E-state index contributed by atoms with van der Waals surface area (Å²) in [5, 5.41) is 10.1. The Labute approximate surface area is 124 Å². The molecule has 21 heavy (non-hydrogen) atoms. The third kappa shape index (κ3) is 2.83. The fourth-order valence-corrected chi connectivity index (χ4v) is 3.08. The van der Waals surface area contributed by atoms with Crippen molar-refractivity contribution in [2.24, 2.45) is 0 Å². The summed E-state index contributed by atoms with van der Waals surface area (Å²) in [5.74, 6) is 1.14. The van der Waals surface area contributed by atoms with E-state index in [1.54, 1.807) is 18.0 Å². The lowest BCUT2D eigenvalue weighted by Gasteiger charge is -2.37. The third-order valence-electron chi connectivity index (χ3n) is 4.32. The topological polar surface area (TPSA) is 59.0 Å². The Hall–Kier alpha value is -1.75. The summed E-state index contributed by atoms with van der Waals surface area (Å²) in [6.07, 6.45) is 2.59. The zero-order valence-corrected chi connectivity index (χ0v) is 12.2. The van der Waals surface area contributed by atoms with E-state index >= 15 is 0 Å². The van der Waals surface area contributed by atoms with Gasteiger partial charge in [-0.15, -0.1) is 0 Å². The zero-order chi connectivity index (χ0) is 14.8. The van der Waals surface area contributed by atoms with Gasteiger partial charge in [-0.05, 0) is 25.0 Å². The fraction of sp³-hybridized carbons (Fsp3) is 0.562. The minimum Gasteiger partial charge on any atom is -0.485 e. The van der Waals surface area contributed by atoms with Gasteiger partial charge in [-0.2, -0.15) is 0 Å². The summed E-state index contributed by atoms with van der Waals surface area (Å²) in [6.45, 7) is 0.211. The highest BCUT2D eigenvalue weighted by Crippen LogP contribution is 2.32. The monoisotopic (exact) mass is 291 g/mol. The molecule has 1 aliphatic carbocycles. The maximum atomic E-state index is 12.6. The Morgan fingerprint density at radius 3 is 2.71 bits per heavy atom. The van der Waals surface area contributed by atoms with Crippen LogP contribution in [0.15, 0.2) is 24.3 Å². The fourth-order valence-electron chi connectivity index (χ4n) is 3.08. The summed E-state index contributed by atoms with van der Waals surface area (Å²) in [7, 11) is 1.74. The van der Waals surface area contributed by atoms with Crippen LogP contribution in [-0.4, -0.2) is 47.8 Å². The van der Waals surface area contributed by atoms with Gasteiger partial charge in [-0.25, -0.2) is 0 Å². The van der Waals surface area contributed by atoms with Gasteiger partial charge < -0.3 is 19.5 Å². The number of para-hydroxylation sites is 2. The van der Waals surface area contributed by atoms with Crippen LogP contribution in [0.2, 0.25) is 0 Å². The minimum atomic E-state index is -0.640. The lowest BCUT2D eigenvalue weighted by molar-refractivity contribution is -0.145. The predicted molar refractivity (Wildman–Crippen MR) is 77.4 cm³/mol. The van der Waals surface area contributed by atoms with Crippen molar-refractivity contribution >= 4 is 5.91 Å². The molecule has 0 radical (unpaired) electrons. The van der Waals surface area contributed by atoms with Crippen molar-refractivity contribution in [2.45, 2.75) is 43.9 Å². The van der Waals surface area contributed by atoms with Gasteiger partial charge >= 0.3 is 0 Å². The van der Waals surface area contributed by atoms with Crippen LogP contribution in [0.4, 0.5) is 0 Å². The second kappa shape index (κ2) is 5.93. The molecule has 3 atom stereocenters. The van der Waals surface area contributed by atoms with Crippen molar-refractivity contribution in [2.75, 3.05) is 13.7 Å². The molecular weight excluding hydrogens is 270 g/mol. The maximum Gasteiger partial charge on any atom is 0.267 e. The zero-order valence-electron chi connectivity index (χ0n) is 12.2. The highest BCUT2D eigenvalue weighted by Gasteiger charge is 2.35. The van der Waals surface area contributed by atoms with Crippen LogP contribution in [0.5, 0.6) is 11.5 Å². The summed E-state index contributed by atoms with van der Waals surface area (Å²) in [5.41, 5.74) is 0. The quantitative estimate of drug-likeness (QED) is 0.899. The number of benzene rings is 1. The number of aliphatic hydroxyl groups is 1. The van der Waals surface area contributed by atoms with Crippen molar-refractivity contribution in [3.05, 3.63) is 24.3 Å². The van der Waals surface area contributed by atoms with Crippen LogP contribution in [-0.2, 0) is 4.79 Å². The Balaban J connectivity index is 1.68. The van der Waals surface area contributed by atoms with Crippen LogP contribution in [0, 0.1) is 0 Å². The molecule has 0 spiro atoms. The SMILES string of the molecule is CN(C(=O)C1COc2ccccc2O1)C1CCCCC1O. The Morgan fingerprint density at radius 1 is 1.24 bits per heavy atom. The molecule has 1 N–H and O–H groups in total. The first kappa shape index (κ1) is 14.2. The van der Waals surface area contributed by atoms with Crippen LogP contribution in [0.3, 0.4) is 0 Å². The second-order valence-electron chi connectivity index (χ2n) is 5.73. The van der Waals surface area contributed by atoms with Crippen LogP contribution in [0.25, 0.3) is 0 Å². The molecule has 3 rings (SSSR count). The van der Waals surface area contributed by atoms with Gasteiger partial charge in [0.2, 0.25) is 6.10 Å². The lowest BCUT2D eigenvalue weighted by atomic mass is 9.91. The van der Waals surface area contributed by atoms with E-state index in [1.807, 2.05) is 18.2 Å². The smallest absolute Gasteiger partial charge is 0.267 e. The standard InChI is InChI=1S/C16H21NO4/c1-17(11-6-2-3-7-12(11)18)16(19)15-10-20-13-8-4-5-9-14(13)21-15/h4-5,8-9,11-12,15,18H,2-3,6-7,10H2,1H3. The predicted octanol–water partition coefficient (Wildman–Crippen LogP) is 1.59. The van der Waals surface area contributed by atoms with Crippen molar-refractivity contribution in [1.82, 2.24) is 4.90 Å². The molecule has 0 bridgehead atoms. The molecule has 0 aromatic heterocycles. The van der Waals surface area contributed by atoms with Crippen LogP contribution >= 0.6 is 0 Å². The Morgan fingerprint density at radius 2 is 1.95 bits per heavy atom. The molecule has 3 unspecified atom stereocenters. The molecule has 0 saturated heterocycles. The average Bonchev–Trinajstić information content (AvgIpc) is 2.53.